The molecule has 1 aromatic rings. The van der Waals surface area contributed by atoms with E-state index in [1.165, 1.54) is 25.9 Å². The van der Waals surface area contributed by atoms with Gasteiger partial charge in [0.2, 0.25) is 0 Å². The van der Waals surface area contributed by atoms with Gasteiger partial charge in [0.15, 0.2) is 0 Å². The fraction of sp³-hybridized carbons (Fsp3) is 0.538. The molecule has 2 bridgehead atoms. The van der Waals surface area contributed by atoms with Gasteiger partial charge in [-0.15, -0.1) is 0 Å². The van der Waals surface area contributed by atoms with Crippen molar-refractivity contribution >= 4 is 11.6 Å². The van der Waals surface area contributed by atoms with Crippen LogP contribution in [0.15, 0.2) is 24.3 Å². The van der Waals surface area contributed by atoms with Crippen LogP contribution in [-0.4, -0.2) is 30.6 Å². The molecule has 3 saturated heterocycles. The Kier molecular flexibility index (Phi) is 2.78. The summed E-state index contributed by atoms with van der Waals surface area (Å²) in [5, 5.41) is 0.765. The number of ether oxygens (including phenoxy) is 1. The van der Waals surface area contributed by atoms with Crippen LogP contribution in [0.2, 0.25) is 5.02 Å². The second-order valence-corrected chi connectivity index (χ2v) is 5.18. The Morgan fingerprint density at radius 1 is 1.12 bits per heavy atom. The third kappa shape index (κ3) is 2.04. The lowest BCUT2D eigenvalue weighted by Gasteiger charge is -2.44. The molecule has 2 nitrogen and oxygen atoms in total. The monoisotopic (exact) mass is 237 g/mol. The molecule has 16 heavy (non-hydrogen) atoms. The fourth-order valence-electron chi connectivity index (χ4n) is 2.73. The first-order chi connectivity index (χ1) is 7.81. The summed E-state index contributed by atoms with van der Waals surface area (Å²) < 4.78 is 6.04. The van der Waals surface area contributed by atoms with Crippen LogP contribution < -0.4 is 4.74 Å². The van der Waals surface area contributed by atoms with Crippen LogP contribution in [0.1, 0.15) is 12.8 Å². The maximum atomic E-state index is 6.04. The molecule has 0 N–H and O–H groups in total. The summed E-state index contributed by atoms with van der Waals surface area (Å²) in [5.74, 6) is 1.70. The number of piperidine rings is 3. The molecule has 4 rings (SSSR count). The summed E-state index contributed by atoms with van der Waals surface area (Å²) >= 11 is 5.85. The van der Waals surface area contributed by atoms with Gasteiger partial charge >= 0.3 is 0 Å². The van der Waals surface area contributed by atoms with Crippen LogP contribution in [0, 0.1) is 5.92 Å². The number of nitrogens with zero attached hydrogens (tertiary/aromatic N) is 1. The summed E-state index contributed by atoms with van der Waals surface area (Å²) in [7, 11) is 0. The van der Waals surface area contributed by atoms with Crippen molar-refractivity contribution in [2.45, 2.75) is 18.9 Å². The van der Waals surface area contributed by atoms with Crippen LogP contribution in [0.3, 0.4) is 0 Å². The van der Waals surface area contributed by atoms with E-state index in [-0.39, 0.29) is 0 Å². The van der Waals surface area contributed by atoms with Crippen LogP contribution in [0.4, 0.5) is 0 Å². The summed E-state index contributed by atoms with van der Waals surface area (Å²) in [6.45, 7) is 3.60. The highest BCUT2D eigenvalue weighted by Gasteiger charge is 2.35. The lowest BCUT2D eigenvalue weighted by molar-refractivity contribution is -0.00775. The first kappa shape index (κ1) is 10.4. The van der Waals surface area contributed by atoms with E-state index in [1.54, 1.807) is 0 Å². The van der Waals surface area contributed by atoms with Gasteiger partial charge in [0.1, 0.15) is 11.9 Å². The number of halogens is 1. The molecule has 3 fully saturated rings. The van der Waals surface area contributed by atoms with Crippen molar-refractivity contribution in [3.63, 3.8) is 0 Å². The molecule has 1 unspecified atom stereocenters. The minimum absolute atomic E-state index is 0.378. The highest BCUT2D eigenvalue weighted by molar-refractivity contribution is 6.30. The highest BCUT2D eigenvalue weighted by atomic mass is 35.5. The highest BCUT2D eigenvalue weighted by Crippen LogP contribution is 2.30. The van der Waals surface area contributed by atoms with Crippen molar-refractivity contribution in [3.8, 4) is 5.75 Å². The van der Waals surface area contributed by atoms with Crippen molar-refractivity contribution in [2.75, 3.05) is 19.6 Å². The summed E-state index contributed by atoms with van der Waals surface area (Å²) in [5.41, 5.74) is 0. The molecular formula is C13H16ClNO. The number of hydrogen-bond acceptors (Lipinski definition) is 2. The lowest BCUT2D eigenvalue weighted by Crippen LogP contribution is -2.52. The second kappa shape index (κ2) is 4.27. The van der Waals surface area contributed by atoms with Gasteiger partial charge in [-0.2, -0.15) is 0 Å². The molecule has 0 aliphatic carbocycles. The predicted molar refractivity (Wildman–Crippen MR) is 65.0 cm³/mol. The predicted octanol–water partition coefficient (Wildman–Crippen LogP) is 2.81. The number of fused-ring (bicyclic) bond motifs is 3. The van der Waals surface area contributed by atoms with Gasteiger partial charge in [0, 0.05) is 11.6 Å². The first-order valence-electron chi connectivity index (χ1n) is 5.96. The molecule has 0 saturated carbocycles. The molecule has 86 valence electrons. The molecule has 3 heteroatoms. The summed E-state index contributed by atoms with van der Waals surface area (Å²) in [4.78, 5) is 2.50. The van der Waals surface area contributed by atoms with E-state index in [1.807, 2.05) is 24.3 Å². The molecule has 3 aliphatic rings. The molecule has 0 spiro atoms. The Morgan fingerprint density at radius 3 is 2.38 bits per heavy atom. The van der Waals surface area contributed by atoms with E-state index in [0.29, 0.717) is 6.10 Å². The smallest absolute Gasteiger partial charge is 0.119 e. The average molecular weight is 238 g/mol. The van der Waals surface area contributed by atoms with Gasteiger partial charge in [-0.25, -0.2) is 0 Å². The second-order valence-electron chi connectivity index (χ2n) is 4.75. The van der Waals surface area contributed by atoms with E-state index in [9.17, 15) is 0 Å². The fourth-order valence-corrected chi connectivity index (χ4v) is 2.86. The van der Waals surface area contributed by atoms with E-state index in [2.05, 4.69) is 4.90 Å². The summed E-state index contributed by atoms with van der Waals surface area (Å²) in [6.07, 6.45) is 2.96. The van der Waals surface area contributed by atoms with Gasteiger partial charge in [0.05, 0.1) is 0 Å². The van der Waals surface area contributed by atoms with Crippen molar-refractivity contribution in [1.82, 2.24) is 4.90 Å². The van der Waals surface area contributed by atoms with E-state index >= 15 is 0 Å². The van der Waals surface area contributed by atoms with Crippen molar-refractivity contribution in [1.29, 1.82) is 0 Å². The zero-order valence-electron chi connectivity index (χ0n) is 9.23. The first-order valence-corrected chi connectivity index (χ1v) is 6.33. The molecule has 3 heterocycles. The normalized spacial score (nSPS) is 32.7. The van der Waals surface area contributed by atoms with Crippen LogP contribution >= 0.6 is 11.6 Å². The largest absolute Gasteiger partial charge is 0.489 e. The molecule has 0 radical (unpaired) electrons. The number of rotatable bonds is 2. The zero-order chi connectivity index (χ0) is 11.0. The topological polar surface area (TPSA) is 12.5 Å². The third-order valence-electron chi connectivity index (χ3n) is 3.70. The van der Waals surface area contributed by atoms with Gasteiger partial charge in [0.25, 0.3) is 0 Å². The van der Waals surface area contributed by atoms with Gasteiger partial charge in [-0.3, -0.25) is 4.90 Å². The van der Waals surface area contributed by atoms with Crippen molar-refractivity contribution in [2.24, 2.45) is 5.92 Å². The van der Waals surface area contributed by atoms with Crippen LogP contribution in [0.25, 0.3) is 0 Å². The Hall–Kier alpha value is -0.730. The summed E-state index contributed by atoms with van der Waals surface area (Å²) in [6, 6.07) is 7.69. The standard InChI is InChI=1S/C13H16ClNO/c14-11-1-3-12(4-2-11)16-13-9-15-7-5-10(13)6-8-15/h1-4,10,13H,5-9H2. The Bertz CT molecular complexity index is 357. The van der Waals surface area contributed by atoms with Crippen LogP contribution in [0.5, 0.6) is 5.75 Å². The van der Waals surface area contributed by atoms with Gasteiger partial charge < -0.3 is 4.74 Å². The van der Waals surface area contributed by atoms with E-state index < -0.39 is 0 Å². The quantitative estimate of drug-likeness (QED) is 0.784. The maximum Gasteiger partial charge on any atom is 0.119 e. The van der Waals surface area contributed by atoms with Crippen LogP contribution in [-0.2, 0) is 0 Å². The maximum absolute atomic E-state index is 6.04. The minimum Gasteiger partial charge on any atom is -0.489 e. The van der Waals surface area contributed by atoms with Crippen molar-refractivity contribution < 1.29 is 4.74 Å². The molecule has 1 atom stereocenters. The average Bonchev–Trinajstić information content (AvgIpc) is 2.34. The number of hydrogen-bond donors (Lipinski definition) is 0. The Balaban J connectivity index is 1.68. The SMILES string of the molecule is Clc1ccc(OC2CN3CCC2CC3)cc1. The molecular weight excluding hydrogens is 222 g/mol. The third-order valence-corrected chi connectivity index (χ3v) is 3.95. The zero-order valence-corrected chi connectivity index (χ0v) is 9.99. The Morgan fingerprint density at radius 2 is 1.81 bits per heavy atom. The van der Waals surface area contributed by atoms with Gasteiger partial charge in [-0.05, 0) is 56.1 Å². The van der Waals surface area contributed by atoms with E-state index in [4.69, 9.17) is 16.3 Å². The van der Waals surface area contributed by atoms with Crippen molar-refractivity contribution in [3.05, 3.63) is 29.3 Å². The minimum atomic E-state index is 0.378. The van der Waals surface area contributed by atoms with Gasteiger partial charge in [-0.1, -0.05) is 11.6 Å². The van der Waals surface area contributed by atoms with E-state index in [0.717, 1.165) is 23.2 Å². The molecule has 0 amide bonds. The molecule has 1 aromatic carbocycles. The molecule has 3 aliphatic heterocycles. The molecule has 0 aromatic heterocycles. The number of benzene rings is 1. The Labute approximate surface area is 101 Å². The lowest BCUT2D eigenvalue weighted by atomic mass is 9.86.